The predicted octanol–water partition coefficient (Wildman–Crippen LogP) is 3.72. The smallest absolute Gasteiger partial charge is 0.253 e. The number of carbonyl (C=O) groups excluding carboxylic acids is 4. The number of phenolic OH excluding ortho intramolecular Hbond substituents is 1. The minimum Gasteiger partial charge on any atom is -0.504 e. The molecule has 8 nitrogen and oxygen atoms in total. The largest absolute Gasteiger partial charge is 0.504 e. The number of rotatable bonds is 3. The number of imide groups is 2. The number of nitrogens with zero attached hydrogens (tertiary/aromatic N) is 2. The SMILES string of the molecule is COc1cc(C2C3=CCC4C(=O)N(C5CCCCC5)C(=O)C4C3CC3(Cl)C(=O)N(C)C(=O)C23Cl)ccc1O. The molecule has 1 aromatic rings. The van der Waals surface area contributed by atoms with E-state index in [2.05, 4.69) is 0 Å². The number of amides is 4. The third-order valence-corrected chi connectivity index (χ3v) is 10.9. The Morgan fingerprint density at radius 2 is 1.71 bits per heavy atom. The lowest BCUT2D eigenvalue weighted by atomic mass is 9.56. The van der Waals surface area contributed by atoms with E-state index in [1.165, 1.54) is 25.1 Å². The molecule has 6 atom stereocenters. The van der Waals surface area contributed by atoms with Gasteiger partial charge in [-0.3, -0.25) is 29.0 Å². The molecule has 2 saturated carbocycles. The number of carbonyl (C=O) groups is 4. The Balaban J connectivity index is 1.50. The summed E-state index contributed by atoms with van der Waals surface area (Å²) < 4.78 is 5.32. The van der Waals surface area contributed by atoms with Crippen molar-refractivity contribution >= 4 is 46.8 Å². The van der Waals surface area contributed by atoms with Crippen LogP contribution in [0.2, 0.25) is 0 Å². The molecule has 0 bridgehead atoms. The van der Waals surface area contributed by atoms with E-state index in [-0.39, 0.29) is 35.8 Å². The highest BCUT2D eigenvalue weighted by molar-refractivity contribution is 6.53. The number of alkyl halides is 2. The molecule has 6 unspecified atom stereocenters. The number of likely N-dealkylation sites (tertiary alicyclic amines) is 2. The van der Waals surface area contributed by atoms with Crippen molar-refractivity contribution < 1.29 is 29.0 Å². The van der Waals surface area contributed by atoms with Crippen LogP contribution >= 0.6 is 23.2 Å². The van der Waals surface area contributed by atoms with E-state index >= 15 is 0 Å². The van der Waals surface area contributed by atoms with E-state index in [1.54, 1.807) is 12.1 Å². The third-order valence-electron chi connectivity index (χ3n) is 9.53. The molecule has 3 aliphatic carbocycles. The van der Waals surface area contributed by atoms with Gasteiger partial charge in [0, 0.05) is 19.0 Å². The maximum Gasteiger partial charge on any atom is 0.253 e. The standard InChI is InChI=1S/C28H30Cl2N2O6/c1-31-25(36)27(29)13-18-16(22(28(27,30)26(31)37)14-8-11-19(33)20(12-14)38-2)9-10-17-21(18)24(35)32(23(17)34)15-6-4-3-5-7-15/h8-9,11-12,15,17-18,21-22,33H,3-7,10,13H2,1-2H3. The van der Waals surface area contributed by atoms with Crippen molar-refractivity contribution in [2.24, 2.45) is 17.8 Å². The average molecular weight is 561 g/mol. The number of ether oxygens (including phenoxy) is 1. The van der Waals surface area contributed by atoms with Gasteiger partial charge in [-0.1, -0.05) is 37.0 Å². The molecule has 6 rings (SSSR count). The van der Waals surface area contributed by atoms with Gasteiger partial charge >= 0.3 is 0 Å². The molecule has 202 valence electrons. The lowest BCUT2D eigenvalue weighted by Gasteiger charge is -2.50. The molecule has 2 heterocycles. The molecule has 38 heavy (non-hydrogen) atoms. The van der Waals surface area contributed by atoms with E-state index in [0.717, 1.165) is 42.6 Å². The van der Waals surface area contributed by atoms with E-state index < -0.39 is 45.2 Å². The van der Waals surface area contributed by atoms with Gasteiger partial charge in [0.25, 0.3) is 11.8 Å². The summed E-state index contributed by atoms with van der Waals surface area (Å²) in [6.07, 6.45) is 6.91. The summed E-state index contributed by atoms with van der Waals surface area (Å²) in [4.78, 5) is 53.4. The number of allylic oxidation sites excluding steroid dienone is 2. The van der Waals surface area contributed by atoms with Gasteiger partial charge in [-0.25, -0.2) is 0 Å². The molecule has 1 aromatic carbocycles. The van der Waals surface area contributed by atoms with Gasteiger partial charge in [0.1, 0.15) is 0 Å². The van der Waals surface area contributed by atoms with Crippen molar-refractivity contribution in [3.05, 3.63) is 35.4 Å². The number of methoxy groups -OCH3 is 1. The molecule has 10 heteroatoms. The Morgan fingerprint density at radius 1 is 1.00 bits per heavy atom. The number of phenols is 1. The topological polar surface area (TPSA) is 104 Å². The Hall–Kier alpha value is -2.58. The Labute approximate surface area is 230 Å². The summed E-state index contributed by atoms with van der Waals surface area (Å²) in [5, 5.41) is 10.2. The van der Waals surface area contributed by atoms with Gasteiger partial charge in [0.05, 0.1) is 18.9 Å². The van der Waals surface area contributed by atoms with Crippen LogP contribution in [-0.4, -0.2) is 68.5 Å². The molecule has 1 N–H and O–H groups in total. The van der Waals surface area contributed by atoms with E-state index in [9.17, 15) is 24.3 Å². The summed E-state index contributed by atoms with van der Waals surface area (Å²) in [6.45, 7) is 0. The fourth-order valence-electron chi connectivity index (χ4n) is 7.72. The van der Waals surface area contributed by atoms with Crippen LogP contribution in [0.3, 0.4) is 0 Å². The van der Waals surface area contributed by atoms with Gasteiger partial charge in [-0.15, -0.1) is 23.2 Å². The normalized spacial score (nSPS) is 37.2. The first-order valence-electron chi connectivity index (χ1n) is 13.2. The fourth-order valence-corrected chi connectivity index (χ4v) is 8.73. The minimum absolute atomic E-state index is 0.0246. The fraction of sp³-hybridized carbons (Fsp3) is 0.571. The van der Waals surface area contributed by atoms with Crippen LogP contribution in [0.4, 0.5) is 0 Å². The first kappa shape index (κ1) is 25.7. The van der Waals surface area contributed by atoms with Gasteiger partial charge in [0.2, 0.25) is 11.8 Å². The molecular weight excluding hydrogens is 531 g/mol. The van der Waals surface area contributed by atoms with Crippen LogP contribution < -0.4 is 4.74 Å². The molecule has 4 amide bonds. The first-order valence-corrected chi connectivity index (χ1v) is 14.0. The van der Waals surface area contributed by atoms with Gasteiger partial charge in [-0.05, 0) is 49.3 Å². The summed E-state index contributed by atoms with van der Waals surface area (Å²) in [6, 6.07) is 4.56. The Morgan fingerprint density at radius 3 is 2.39 bits per heavy atom. The number of benzene rings is 1. The first-order chi connectivity index (χ1) is 18.1. The van der Waals surface area contributed by atoms with Crippen LogP contribution in [0.15, 0.2) is 29.8 Å². The van der Waals surface area contributed by atoms with Crippen LogP contribution in [0.25, 0.3) is 0 Å². The molecule has 0 spiro atoms. The average Bonchev–Trinajstić information content (AvgIpc) is 3.24. The second kappa shape index (κ2) is 8.71. The maximum atomic E-state index is 14.0. The molecular formula is C28H30Cl2N2O6. The number of halogens is 2. The second-order valence-electron chi connectivity index (χ2n) is 11.3. The van der Waals surface area contributed by atoms with Crippen LogP contribution in [0.1, 0.15) is 56.4 Å². The van der Waals surface area contributed by atoms with Crippen LogP contribution in [0.5, 0.6) is 11.5 Å². The molecule has 2 aliphatic heterocycles. The molecule has 0 radical (unpaired) electrons. The summed E-state index contributed by atoms with van der Waals surface area (Å²) in [7, 11) is 2.78. The zero-order valence-corrected chi connectivity index (χ0v) is 22.8. The maximum absolute atomic E-state index is 14.0. The van der Waals surface area contributed by atoms with Gasteiger partial charge in [0.15, 0.2) is 21.2 Å². The minimum atomic E-state index is -1.85. The van der Waals surface area contributed by atoms with Crippen molar-refractivity contribution in [1.82, 2.24) is 9.80 Å². The lowest BCUT2D eigenvalue weighted by molar-refractivity contribution is -0.144. The van der Waals surface area contributed by atoms with Crippen molar-refractivity contribution in [2.75, 3.05) is 14.2 Å². The Kier molecular flexibility index (Phi) is 5.89. The molecule has 0 aromatic heterocycles. The molecule has 5 aliphatic rings. The van der Waals surface area contributed by atoms with Crippen LogP contribution in [0, 0.1) is 17.8 Å². The highest BCUT2D eigenvalue weighted by Crippen LogP contribution is 2.65. The monoisotopic (exact) mass is 560 g/mol. The number of hydrogen-bond acceptors (Lipinski definition) is 6. The zero-order chi connectivity index (χ0) is 27.1. The summed E-state index contributed by atoms with van der Waals surface area (Å²) >= 11 is 14.3. The van der Waals surface area contributed by atoms with Crippen LogP contribution in [-0.2, 0) is 19.2 Å². The van der Waals surface area contributed by atoms with E-state index in [0.29, 0.717) is 12.0 Å². The molecule has 2 saturated heterocycles. The number of hydrogen-bond donors (Lipinski definition) is 1. The lowest BCUT2D eigenvalue weighted by Crippen LogP contribution is -2.60. The second-order valence-corrected chi connectivity index (χ2v) is 12.5. The quantitative estimate of drug-likeness (QED) is 0.343. The van der Waals surface area contributed by atoms with Crippen molar-refractivity contribution in [1.29, 1.82) is 0 Å². The van der Waals surface area contributed by atoms with Gasteiger partial charge < -0.3 is 9.84 Å². The van der Waals surface area contributed by atoms with Crippen molar-refractivity contribution in [3.63, 3.8) is 0 Å². The van der Waals surface area contributed by atoms with Gasteiger partial charge in [-0.2, -0.15) is 0 Å². The highest BCUT2D eigenvalue weighted by Gasteiger charge is 2.76. The third kappa shape index (κ3) is 3.16. The predicted molar refractivity (Wildman–Crippen MR) is 139 cm³/mol. The number of fused-ring (bicyclic) bond motifs is 4. The summed E-state index contributed by atoms with van der Waals surface area (Å²) in [5.74, 6) is -4.11. The number of aromatic hydroxyl groups is 1. The van der Waals surface area contributed by atoms with Crippen molar-refractivity contribution in [3.8, 4) is 11.5 Å². The summed E-state index contributed by atoms with van der Waals surface area (Å²) in [5.41, 5.74) is 1.26. The Bertz CT molecular complexity index is 1290. The zero-order valence-electron chi connectivity index (χ0n) is 21.3. The van der Waals surface area contributed by atoms with E-state index in [4.69, 9.17) is 27.9 Å². The highest BCUT2D eigenvalue weighted by atomic mass is 35.5. The van der Waals surface area contributed by atoms with Crippen molar-refractivity contribution in [2.45, 2.75) is 66.7 Å². The molecule has 4 fully saturated rings. The van der Waals surface area contributed by atoms with E-state index in [1.807, 2.05) is 6.08 Å².